The monoisotopic (exact) mass is 225 g/mol. The maximum absolute atomic E-state index is 11.9. The van der Waals surface area contributed by atoms with Crippen LogP contribution in [0.25, 0.3) is 0 Å². The van der Waals surface area contributed by atoms with Gasteiger partial charge >= 0.3 is 0 Å². The lowest BCUT2D eigenvalue weighted by Crippen LogP contribution is -2.46. The van der Waals surface area contributed by atoms with E-state index in [-0.39, 0.29) is 24.4 Å². The second-order valence-electron chi connectivity index (χ2n) is 4.63. The number of hydrogen-bond acceptors (Lipinski definition) is 3. The fraction of sp³-hybridized carbons (Fsp3) is 0.818. The largest absolute Gasteiger partial charge is 0.352 e. The van der Waals surface area contributed by atoms with Crippen LogP contribution >= 0.6 is 0 Å². The molecule has 5 heteroatoms. The van der Waals surface area contributed by atoms with Gasteiger partial charge in [-0.15, -0.1) is 0 Å². The quantitative estimate of drug-likeness (QED) is 0.679. The molecular formula is C11H19N3O2. The number of carbonyl (C=O) groups excluding carboxylic acids is 2. The molecule has 1 unspecified atom stereocenters. The van der Waals surface area contributed by atoms with Gasteiger partial charge in [-0.25, -0.2) is 0 Å². The van der Waals surface area contributed by atoms with Gasteiger partial charge in [0.1, 0.15) is 0 Å². The molecule has 1 aliphatic carbocycles. The molecule has 2 rings (SSSR count). The number of nitrogens with one attached hydrogen (secondary N) is 2. The van der Waals surface area contributed by atoms with Crippen molar-refractivity contribution in [2.24, 2.45) is 0 Å². The third-order valence-corrected chi connectivity index (χ3v) is 3.01. The van der Waals surface area contributed by atoms with Crippen LogP contribution < -0.4 is 10.6 Å². The number of hydrogen-bond donors (Lipinski definition) is 2. The van der Waals surface area contributed by atoms with Crippen LogP contribution in [0.2, 0.25) is 0 Å². The highest BCUT2D eigenvalue weighted by molar-refractivity contribution is 5.87. The van der Waals surface area contributed by atoms with Crippen LogP contribution in [0.3, 0.4) is 0 Å². The first-order valence-corrected chi connectivity index (χ1v) is 5.98. The van der Waals surface area contributed by atoms with Crippen LogP contribution in [-0.2, 0) is 9.59 Å². The molecule has 1 atom stereocenters. The molecule has 0 aromatic heterocycles. The van der Waals surface area contributed by atoms with Gasteiger partial charge in [-0.1, -0.05) is 0 Å². The molecule has 2 N–H and O–H groups in total. The van der Waals surface area contributed by atoms with E-state index in [1.54, 1.807) is 4.90 Å². The Morgan fingerprint density at radius 2 is 2.31 bits per heavy atom. The normalized spacial score (nSPS) is 26.4. The first-order chi connectivity index (χ1) is 7.66. The molecule has 0 aromatic carbocycles. The summed E-state index contributed by atoms with van der Waals surface area (Å²) >= 11 is 0. The van der Waals surface area contributed by atoms with Crippen molar-refractivity contribution < 1.29 is 9.59 Å². The van der Waals surface area contributed by atoms with Gasteiger partial charge in [0, 0.05) is 12.6 Å². The molecular weight excluding hydrogens is 206 g/mol. The fourth-order valence-electron chi connectivity index (χ4n) is 1.89. The Morgan fingerprint density at radius 3 is 3.00 bits per heavy atom. The van der Waals surface area contributed by atoms with Crippen molar-refractivity contribution in [1.29, 1.82) is 0 Å². The molecule has 1 saturated heterocycles. The molecule has 0 spiro atoms. The molecule has 1 saturated carbocycles. The Kier molecular flexibility index (Phi) is 3.43. The maximum atomic E-state index is 11.9. The average Bonchev–Trinajstić information content (AvgIpc) is 3.04. The standard InChI is InChI=1S/C11H19N3O2/c1-8-11(16)14(6-2-5-12-8)7-10(15)13-9-3-4-9/h8-9,12H,2-7H2,1H3,(H,13,15). The van der Waals surface area contributed by atoms with E-state index in [4.69, 9.17) is 0 Å². The summed E-state index contributed by atoms with van der Waals surface area (Å²) in [6, 6.07) is 0.196. The average molecular weight is 225 g/mol. The first-order valence-electron chi connectivity index (χ1n) is 5.98. The topological polar surface area (TPSA) is 61.4 Å². The molecule has 0 aromatic rings. The molecule has 16 heavy (non-hydrogen) atoms. The SMILES string of the molecule is CC1NCCCN(CC(=O)NC2CC2)C1=O. The third-order valence-electron chi connectivity index (χ3n) is 3.01. The van der Waals surface area contributed by atoms with Crippen LogP contribution in [0.1, 0.15) is 26.2 Å². The van der Waals surface area contributed by atoms with Crippen molar-refractivity contribution in [3.8, 4) is 0 Å². The van der Waals surface area contributed by atoms with Crippen molar-refractivity contribution in [3.63, 3.8) is 0 Å². The summed E-state index contributed by atoms with van der Waals surface area (Å²) in [5.74, 6) is 0.00777. The van der Waals surface area contributed by atoms with E-state index in [1.165, 1.54) is 0 Å². The van der Waals surface area contributed by atoms with Crippen LogP contribution in [0.5, 0.6) is 0 Å². The van der Waals surface area contributed by atoms with Crippen molar-refractivity contribution in [1.82, 2.24) is 15.5 Å². The van der Waals surface area contributed by atoms with Gasteiger partial charge in [0.05, 0.1) is 12.6 Å². The Bertz CT molecular complexity index is 289. The van der Waals surface area contributed by atoms with E-state index in [0.717, 1.165) is 25.8 Å². The third kappa shape index (κ3) is 2.95. The number of carbonyl (C=O) groups is 2. The van der Waals surface area contributed by atoms with Crippen molar-refractivity contribution in [2.75, 3.05) is 19.6 Å². The summed E-state index contributed by atoms with van der Waals surface area (Å²) in [4.78, 5) is 25.1. The van der Waals surface area contributed by atoms with Crippen LogP contribution in [0, 0.1) is 0 Å². The maximum Gasteiger partial charge on any atom is 0.239 e. The first kappa shape index (κ1) is 11.4. The molecule has 2 amide bonds. The number of amides is 2. The van der Waals surface area contributed by atoms with E-state index >= 15 is 0 Å². The summed E-state index contributed by atoms with van der Waals surface area (Å²) in [5, 5.41) is 6.03. The van der Waals surface area contributed by atoms with Gasteiger partial charge < -0.3 is 15.5 Å². The Hall–Kier alpha value is -1.10. The highest BCUT2D eigenvalue weighted by Gasteiger charge is 2.27. The highest BCUT2D eigenvalue weighted by Crippen LogP contribution is 2.18. The lowest BCUT2D eigenvalue weighted by molar-refractivity contribution is -0.136. The van der Waals surface area contributed by atoms with E-state index in [2.05, 4.69) is 10.6 Å². The fourth-order valence-corrected chi connectivity index (χ4v) is 1.89. The zero-order valence-corrected chi connectivity index (χ0v) is 9.66. The zero-order valence-electron chi connectivity index (χ0n) is 9.66. The Morgan fingerprint density at radius 1 is 1.56 bits per heavy atom. The minimum atomic E-state index is -0.170. The molecule has 0 bridgehead atoms. The molecule has 5 nitrogen and oxygen atoms in total. The lowest BCUT2D eigenvalue weighted by atomic mass is 10.3. The highest BCUT2D eigenvalue weighted by atomic mass is 16.2. The van der Waals surface area contributed by atoms with Crippen LogP contribution in [0.4, 0.5) is 0 Å². The lowest BCUT2D eigenvalue weighted by Gasteiger charge is -2.21. The summed E-state index contributed by atoms with van der Waals surface area (Å²) in [6.07, 6.45) is 3.07. The van der Waals surface area contributed by atoms with Gasteiger partial charge in [-0.2, -0.15) is 0 Å². The van der Waals surface area contributed by atoms with Gasteiger partial charge in [0.25, 0.3) is 0 Å². The zero-order chi connectivity index (χ0) is 11.5. The molecule has 2 fully saturated rings. The number of rotatable bonds is 3. The predicted molar refractivity (Wildman–Crippen MR) is 59.8 cm³/mol. The predicted octanol–water partition coefficient (Wildman–Crippen LogP) is -0.525. The molecule has 1 heterocycles. The van der Waals surface area contributed by atoms with Crippen molar-refractivity contribution in [3.05, 3.63) is 0 Å². The smallest absolute Gasteiger partial charge is 0.239 e. The second-order valence-corrected chi connectivity index (χ2v) is 4.63. The van der Waals surface area contributed by atoms with Crippen molar-refractivity contribution >= 4 is 11.8 Å². The summed E-state index contributed by atoms with van der Waals surface area (Å²) in [5.41, 5.74) is 0. The second kappa shape index (κ2) is 4.82. The van der Waals surface area contributed by atoms with Gasteiger partial charge in [-0.3, -0.25) is 9.59 Å². The molecule has 2 aliphatic rings. The minimum absolute atomic E-state index is 0.0232. The van der Waals surface area contributed by atoms with Crippen LogP contribution in [0.15, 0.2) is 0 Å². The van der Waals surface area contributed by atoms with E-state index < -0.39 is 0 Å². The number of nitrogens with zero attached hydrogens (tertiary/aromatic N) is 1. The van der Waals surface area contributed by atoms with E-state index in [9.17, 15) is 9.59 Å². The van der Waals surface area contributed by atoms with Gasteiger partial charge in [-0.05, 0) is 32.7 Å². The van der Waals surface area contributed by atoms with Gasteiger partial charge in [0.15, 0.2) is 0 Å². The molecule has 1 aliphatic heterocycles. The van der Waals surface area contributed by atoms with E-state index in [1.807, 2.05) is 6.92 Å². The molecule has 0 radical (unpaired) electrons. The summed E-state index contributed by atoms with van der Waals surface area (Å²) in [7, 11) is 0. The minimum Gasteiger partial charge on any atom is -0.352 e. The van der Waals surface area contributed by atoms with Gasteiger partial charge in [0.2, 0.25) is 11.8 Å². The molecule has 90 valence electrons. The Balaban J connectivity index is 1.85. The van der Waals surface area contributed by atoms with Crippen molar-refractivity contribution in [2.45, 2.75) is 38.3 Å². The Labute approximate surface area is 95.6 Å². The van der Waals surface area contributed by atoms with Crippen LogP contribution in [-0.4, -0.2) is 48.4 Å². The summed E-state index contributed by atoms with van der Waals surface area (Å²) in [6.45, 7) is 3.57. The van der Waals surface area contributed by atoms with E-state index in [0.29, 0.717) is 12.6 Å². The summed E-state index contributed by atoms with van der Waals surface area (Å²) < 4.78 is 0.